The van der Waals surface area contributed by atoms with Crippen LogP contribution in [-0.2, 0) is 9.59 Å². The lowest BCUT2D eigenvalue weighted by atomic mass is 10.1. The molecule has 9 nitrogen and oxygen atoms in total. The van der Waals surface area contributed by atoms with E-state index in [2.05, 4.69) is 16.0 Å². The van der Waals surface area contributed by atoms with Gasteiger partial charge in [-0.3, -0.25) is 14.4 Å². The van der Waals surface area contributed by atoms with Crippen LogP contribution in [0.3, 0.4) is 0 Å². The Kier molecular flexibility index (Phi) is 11.7. The van der Waals surface area contributed by atoms with Crippen LogP contribution < -0.4 is 30.2 Å². The smallest absolute Gasteiger partial charge is 0.272 e. The summed E-state index contributed by atoms with van der Waals surface area (Å²) in [5.74, 6) is 0.0337. The van der Waals surface area contributed by atoms with Crippen molar-refractivity contribution in [2.45, 2.75) is 4.90 Å². The molecule has 3 N–H and O–H groups in total. The van der Waals surface area contributed by atoms with E-state index in [4.69, 9.17) is 37.4 Å². The second-order valence-electron chi connectivity index (χ2n) is 9.27. The number of carbonyl (C=O) groups excluding carboxylic acids is 3. The van der Waals surface area contributed by atoms with Crippen LogP contribution in [0.15, 0.2) is 95.5 Å². The minimum absolute atomic E-state index is 0.0477. The monoisotopic (exact) mass is 665 g/mol. The van der Waals surface area contributed by atoms with Crippen LogP contribution in [0.4, 0.5) is 11.4 Å². The van der Waals surface area contributed by atoms with Gasteiger partial charge in [0.25, 0.3) is 11.8 Å². The molecule has 0 unspecified atom stereocenters. The number of anilines is 2. The molecule has 0 radical (unpaired) electrons. The Morgan fingerprint density at radius 1 is 0.733 bits per heavy atom. The highest BCUT2D eigenvalue weighted by molar-refractivity contribution is 8.00. The molecule has 0 atom stereocenters. The fourth-order valence-corrected chi connectivity index (χ4v) is 5.10. The third-order valence-electron chi connectivity index (χ3n) is 6.23. The first-order chi connectivity index (χ1) is 21.7. The number of nitrogens with one attached hydrogen (secondary N) is 3. The molecule has 0 aromatic heterocycles. The molecule has 12 heteroatoms. The van der Waals surface area contributed by atoms with Crippen molar-refractivity contribution in [2.24, 2.45) is 0 Å². The summed E-state index contributed by atoms with van der Waals surface area (Å²) < 4.78 is 16.3. The van der Waals surface area contributed by atoms with E-state index < -0.39 is 11.8 Å². The van der Waals surface area contributed by atoms with E-state index in [0.29, 0.717) is 49.8 Å². The van der Waals surface area contributed by atoms with Crippen LogP contribution in [-0.4, -0.2) is 44.8 Å². The number of benzene rings is 4. The molecule has 0 saturated heterocycles. The zero-order valence-electron chi connectivity index (χ0n) is 24.5. The average molecular weight is 667 g/mol. The van der Waals surface area contributed by atoms with Crippen LogP contribution in [0.25, 0.3) is 6.08 Å². The number of methoxy groups -OCH3 is 3. The Morgan fingerprint density at radius 2 is 1.42 bits per heavy atom. The molecule has 0 aliphatic carbocycles. The third kappa shape index (κ3) is 9.18. The third-order valence-corrected chi connectivity index (χ3v) is 7.96. The van der Waals surface area contributed by atoms with E-state index in [1.165, 1.54) is 39.2 Å². The van der Waals surface area contributed by atoms with Crippen molar-refractivity contribution in [1.82, 2.24) is 5.32 Å². The number of ether oxygens (including phenoxy) is 3. The van der Waals surface area contributed by atoms with Crippen molar-refractivity contribution < 1.29 is 28.6 Å². The van der Waals surface area contributed by atoms with Gasteiger partial charge in [-0.2, -0.15) is 0 Å². The van der Waals surface area contributed by atoms with Crippen LogP contribution in [0.1, 0.15) is 15.9 Å². The van der Waals surface area contributed by atoms with Crippen molar-refractivity contribution in [1.29, 1.82) is 0 Å². The van der Waals surface area contributed by atoms with Crippen molar-refractivity contribution >= 4 is 70.1 Å². The summed E-state index contributed by atoms with van der Waals surface area (Å²) in [5, 5.41) is 9.04. The molecule has 232 valence electrons. The molecular formula is C33H29Cl2N3O6S. The van der Waals surface area contributed by atoms with E-state index >= 15 is 0 Å². The Hall–Kier alpha value is -4.64. The number of halogens is 2. The molecular weight excluding hydrogens is 637 g/mol. The maximum absolute atomic E-state index is 13.6. The van der Waals surface area contributed by atoms with Gasteiger partial charge in [0, 0.05) is 33.5 Å². The van der Waals surface area contributed by atoms with E-state index in [9.17, 15) is 14.4 Å². The summed E-state index contributed by atoms with van der Waals surface area (Å²) >= 11 is 13.2. The molecule has 3 amide bonds. The van der Waals surface area contributed by atoms with Gasteiger partial charge in [-0.15, -0.1) is 11.8 Å². The Balaban J connectivity index is 1.54. The van der Waals surface area contributed by atoms with E-state index in [0.717, 1.165) is 4.90 Å². The Bertz CT molecular complexity index is 1730. The quantitative estimate of drug-likeness (QED) is 0.109. The maximum Gasteiger partial charge on any atom is 0.272 e. The Labute approximate surface area is 274 Å². The molecule has 0 aliphatic rings. The topological polar surface area (TPSA) is 115 Å². The van der Waals surface area contributed by atoms with Gasteiger partial charge in [-0.05, 0) is 60.7 Å². The number of hydrogen-bond donors (Lipinski definition) is 3. The Morgan fingerprint density at radius 3 is 2.11 bits per heavy atom. The van der Waals surface area contributed by atoms with Crippen molar-refractivity contribution in [2.75, 3.05) is 37.7 Å². The largest absolute Gasteiger partial charge is 0.496 e. The van der Waals surface area contributed by atoms with Crippen LogP contribution in [0.2, 0.25) is 10.0 Å². The summed E-state index contributed by atoms with van der Waals surface area (Å²) in [6.45, 7) is 0. The molecule has 4 rings (SSSR count). The van der Waals surface area contributed by atoms with Gasteiger partial charge in [0.05, 0.1) is 37.1 Å². The van der Waals surface area contributed by atoms with E-state index in [1.807, 2.05) is 6.07 Å². The normalized spacial score (nSPS) is 10.9. The molecule has 0 heterocycles. The van der Waals surface area contributed by atoms with Gasteiger partial charge in [0.2, 0.25) is 5.91 Å². The highest BCUT2D eigenvalue weighted by Crippen LogP contribution is 2.36. The lowest BCUT2D eigenvalue weighted by molar-refractivity contribution is -0.114. The minimum Gasteiger partial charge on any atom is -0.496 e. The summed E-state index contributed by atoms with van der Waals surface area (Å²) in [6.07, 6.45) is 1.49. The molecule has 45 heavy (non-hydrogen) atoms. The number of rotatable bonds is 12. The van der Waals surface area contributed by atoms with Crippen molar-refractivity contribution in [3.63, 3.8) is 0 Å². The first-order valence-electron chi connectivity index (χ1n) is 13.4. The molecule has 0 saturated carbocycles. The number of carbonyl (C=O) groups is 3. The molecule has 0 fully saturated rings. The van der Waals surface area contributed by atoms with Gasteiger partial charge in [0.15, 0.2) is 11.5 Å². The van der Waals surface area contributed by atoms with Crippen molar-refractivity contribution in [3.05, 3.63) is 112 Å². The van der Waals surface area contributed by atoms with Crippen LogP contribution >= 0.6 is 35.0 Å². The predicted molar refractivity (Wildman–Crippen MR) is 179 cm³/mol. The molecule has 4 aromatic rings. The standard InChI is InChI=1S/C33H29Cl2N3O6S/c1-42-28-18-30(44-3)29(43-2)15-21(28)14-27(38-32(40)20-8-5-4-6-9-20)33(41)37-22-10-7-11-24(16-22)45-19-31(39)36-23-12-13-25(34)26(35)17-23/h4-18H,19H2,1-3H3,(H,36,39)(H,37,41)(H,38,40)/b27-14+. The van der Waals surface area contributed by atoms with Crippen molar-refractivity contribution in [3.8, 4) is 17.2 Å². The van der Waals surface area contributed by atoms with Crippen LogP contribution in [0, 0.1) is 0 Å². The molecule has 0 aliphatic heterocycles. The van der Waals surface area contributed by atoms with Crippen LogP contribution in [0.5, 0.6) is 17.2 Å². The van der Waals surface area contributed by atoms with Gasteiger partial charge >= 0.3 is 0 Å². The molecule has 0 spiro atoms. The molecule has 0 bridgehead atoms. The summed E-state index contributed by atoms with van der Waals surface area (Å²) in [7, 11) is 4.47. The SMILES string of the molecule is COc1cc(OC)c(OC)cc1/C=C(/NC(=O)c1ccccc1)C(=O)Nc1cccc(SCC(=O)Nc2ccc(Cl)c(Cl)c2)c1. The second kappa shape index (κ2) is 15.9. The fraction of sp³-hybridized carbons (Fsp3) is 0.121. The number of thioether (sulfide) groups is 1. The summed E-state index contributed by atoms with van der Waals surface area (Å²) in [6, 6.07) is 23.6. The van der Waals surface area contributed by atoms with Gasteiger partial charge in [0.1, 0.15) is 11.4 Å². The van der Waals surface area contributed by atoms with Gasteiger partial charge in [-0.25, -0.2) is 0 Å². The molecule has 4 aromatic carbocycles. The zero-order valence-corrected chi connectivity index (χ0v) is 26.8. The zero-order chi connectivity index (χ0) is 32.3. The van der Waals surface area contributed by atoms with Gasteiger partial charge in [-0.1, -0.05) is 47.5 Å². The minimum atomic E-state index is -0.587. The van der Waals surface area contributed by atoms with E-state index in [-0.39, 0.29) is 17.4 Å². The first kappa shape index (κ1) is 33.3. The first-order valence-corrected chi connectivity index (χ1v) is 15.1. The summed E-state index contributed by atoms with van der Waals surface area (Å²) in [5.41, 5.74) is 1.76. The fourth-order valence-electron chi connectivity index (χ4n) is 4.05. The maximum atomic E-state index is 13.6. The highest BCUT2D eigenvalue weighted by Gasteiger charge is 2.18. The number of hydrogen-bond acceptors (Lipinski definition) is 7. The summed E-state index contributed by atoms with van der Waals surface area (Å²) in [4.78, 5) is 39.9. The average Bonchev–Trinajstić information content (AvgIpc) is 3.05. The van der Waals surface area contributed by atoms with E-state index in [1.54, 1.807) is 78.9 Å². The lowest BCUT2D eigenvalue weighted by Gasteiger charge is -2.15. The predicted octanol–water partition coefficient (Wildman–Crippen LogP) is 7.16. The highest BCUT2D eigenvalue weighted by atomic mass is 35.5. The number of amides is 3. The lowest BCUT2D eigenvalue weighted by Crippen LogP contribution is -2.30. The second-order valence-corrected chi connectivity index (χ2v) is 11.1. The van der Waals surface area contributed by atoms with Gasteiger partial charge < -0.3 is 30.2 Å².